The maximum absolute atomic E-state index is 12.0. The highest BCUT2D eigenvalue weighted by molar-refractivity contribution is 6.00. The lowest BCUT2D eigenvalue weighted by molar-refractivity contribution is 0.0696. The summed E-state index contributed by atoms with van der Waals surface area (Å²) in [5, 5.41) is 11.8. The Hall–Kier alpha value is -2.82. The van der Waals surface area contributed by atoms with E-state index in [-0.39, 0.29) is 23.0 Å². The zero-order chi connectivity index (χ0) is 15.7. The standard InChI is InChI=1S/C17H15NO4/c1-18-16(19)13-8-11(17(20)21)7-12-14(9-22-15(12)13)10-5-3-2-4-6-10/h2-8,14H,9H2,1H3,(H,18,19)(H,20,21). The molecular formula is C17H15NO4. The van der Waals surface area contributed by atoms with Crippen LogP contribution in [0, 0.1) is 0 Å². The Bertz CT molecular complexity index is 740. The Balaban J connectivity index is 2.16. The first-order valence-electron chi connectivity index (χ1n) is 6.93. The number of carboxylic acid groups (broad SMARTS) is 1. The minimum atomic E-state index is -1.06. The molecule has 0 radical (unpaired) electrons. The van der Waals surface area contributed by atoms with Crippen molar-refractivity contribution >= 4 is 11.9 Å². The van der Waals surface area contributed by atoms with Gasteiger partial charge >= 0.3 is 5.97 Å². The lowest BCUT2D eigenvalue weighted by Crippen LogP contribution is -2.19. The number of benzene rings is 2. The predicted molar refractivity (Wildman–Crippen MR) is 80.6 cm³/mol. The number of hydrogen-bond acceptors (Lipinski definition) is 3. The van der Waals surface area contributed by atoms with Gasteiger partial charge in [0.05, 0.1) is 17.7 Å². The minimum absolute atomic E-state index is 0.0705. The molecule has 1 amide bonds. The second-order valence-corrected chi connectivity index (χ2v) is 5.10. The van der Waals surface area contributed by atoms with Crippen molar-refractivity contribution in [2.45, 2.75) is 5.92 Å². The van der Waals surface area contributed by atoms with Gasteiger partial charge < -0.3 is 15.2 Å². The van der Waals surface area contributed by atoms with Crippen molar-refractivity contribution in [3.63, 3.8) is 0 Å². The van der Waals surface area contributed by atoms with E-state index in [1.54, 1.807) is 6.07 Å². The summed E-state index contributed by atoms with van der Waals surface area (Å²) in [6, 6.07) is 12.7. The number of carbonyl (C=O) groups excluding carboxylic acids is 1. The summed E-state index contributed by atoms with van der Waals surface area (Å²) in [4.78, 5) is 23.3. The molecule has 2 N–H and O–H groups in total. The van der Waals surface area contributed by atoms with Crippen LogP contribution in [-0.4, -0.2) is 30.6 Å². The van der Waals surface area contributed by atoms with Crippen LogP contribution in [-0.2, 0) is 0 Å². The van der Waals surface area contributed by atoms with E-state index in [2.05, 4.69) is 5.32 Å². The van der Waals surface area contributed by atoms with Crippen LogP contribution >= 0.6 is 0 Å². The first-order chi connectivity index (χ1) is 10.6. The van der Waals surface area contributed by atoms with Crippen molar-refractivity contribution < 1.29 is 19.4 Å². The second-order valence-electron chi connectivity index (χ2n) is 5.10. The van der Waals surface area contributed by atoms with Crippen molar-refractivity contribution in [3.05, 3.63) is 64.7 Å². The van der Waals surface area contributed by atoms with Gasteiger partial charge in [0, 0.05) is 18.5 Å². The normalized spacial score (nSPS) is 15.8. The van der Waals surface area contributed by atoms with Gasteiger partial charge in [-0.15, -0.1) is 0 Å². The highest BCUT2D eigenvalue weighted by Gasteiger charge is 2.31. The summed E-state index contributed by atoms with van der Waals surface area (Å²) in [5.74, 6) is -1.02. The van der Waals surface area contributed by atoms with E-state index < -0.39 is 5.97 Å². The number of ether oxygens (including phenoxy) is 1. The van der Waals surface area contributed by atoms with E-state index >= 15 is 0 Å². The molecule has 5 nitrogen and oxygen atoms in total. The molecule has 1 atom stereocenters. The number of carboxylic acids is 1. The molecule has 0 aliphatic carbocycles. The molecule has 0 spiro atoms. The number of rotatable bonds is 3. The van der Waals surface area contributed by atoms with E-state index in [4.69, 9.17) is 4.74 Å². The maximum Gasteiger partial charge on any atom is 0.335 e. The molecule has 22 heavy (non-hydrogen) atoms. The Morgan fingerprint density at radius 3 is 2.59 bits per heavy atom. The van der Waals surface area contributed by atoms with Gasteiger partial charge in [0.15, 0.2) is 0 Å². The maximum atomic E-state index is 12.0. The molecule has 0 bridgehead atoms. The number of nitrogens with one attached hydrogen (secondary N) is 1. The van der Waals surface area contributed by atoms with Crippen molar-refractivity contribution in [1.29, 1.82) is 0 Å². The smallest absolute Gasteiger partial charge is 0.335 e. The number of carbonyl (C=O) groups is 2. The summed E-state index contributed by atoms with van der Waals surface area (Å²) in [7, 11) is 1.51. The van der Waals surface area contributed by atoms with Gasteiger partial charge in [-0.3, -0.25) is 4.79 Å². The summed E-state index contributed by atoms with van der Waals surface area (Å²) < 4.78 is 5.70. The van der Waals surface area contributed by atoms with Crippen molar-refractivity contribution in [3.8, 4) is 5.75 Å². The highest BCUT2D eigenvalue weighted by atomic mass is 16.5. The third-order valence-electron chi connectivity index (χ3n) is 3.81. The van der Waals surface area contributed by atoms with Gasteiger partial charge in [0.2, 0.25) is 0 Å². The average molecular weight is 297 g/mol. The highest BCUT2D eigenvalue weighted by Crippen LogP contribution is 2.41. The van der Waals surface area contributed by atoms with Crippen LogP contribution in [0.1, 0.15) is 37.8 Å². The molecule has 3 rings (SSSR count). The number of amides is 1. The SMILES string of the molecule is CNC(=O)c1cc(C(=O)O)cc2c1OCC2c1ccccc1. The molecule has 112 valence electrons. The van der Waals surface area contributed by atoms with Gasteiger partial charge in [0.25, 0.3) is 5.91 Å². The number of hydrogen-bond donors (Lipinski definition) is 2. The second kappa shape index (κ2) is 5.52. The molecular weight excluding hydrogens is 282 g/mol. The monoisotopic (exact) mass is 297 g/mol. The Morgan fingerprint density at radius 1 is 1.23 bits per heavy atom. The van der Waals surface area contributed by atoms with Crippen LogP contribution in [0.2, 0.25) is 0 Å². The fraction of sp³-hybridized carbons (Fsp3) is 0.176. The number of aromatic carboxylic acids is 1. The van der Waals surface area contributed by atoms with Gasteiger partial charge in [0.1, 0.15) is 5.75 Å². The average Bonchev–Trinajstić information content (AvgIpc) is 2.97. The van der Waals surface area contributed by atoms with E-state index in [1.807, 2.05) is 30.3 Å². The van der Waals surface area contributed by atoms with Crippen molar-refractivity contribution in [1.82, 2.24) is 5.32 Å². The molecule has 0 aromatic heterocycles. The minimum Gasteiger partial charge on any atom is -0.491 e. The number of fused-ring (bicyclic) bond motifs is 1. The zero-order valence-corrected chi connectivity index (χ0v) is 12.0. The summed E-state index contributed by atoms with van der Waals surface area (Å²) in [6.07, 6.45) is 0. The lowest BCUT2D eigenvalue weighted by Gasteiger charge is -2.11. The summed E-state index contributed by atoms with van der Waals surface area (Å²) >= 11 is 0. The lowest BCUT2D eigenvalue weighted by atomic mass is 9.90. The first kappa shape index (κ1) is 14.1. The molecule has 0 saturated heterocycles. The van der Waals surface area contributed by atoms with Crippen molar-refractivity contribution in [2.24, 2.45) is 0 Å². The molecule has 2 aromatic carbocycles. The van der Waals surface area contributed by atoms with Gasteiger partial charge in [-0.1, -0.05) is 30.3 Å². The van der Waals surface area contributed by atoms with Crippen molar-refractivity contribution in [2.75, 3.05) is 13.7 Å². The van der Waals surface area contributed by atoms with Crippen LogP contribution < -0.4 is 10.1 Å². The Labute approximate surface area is 127 Å². The zero-order valence-electron chi connectivity index (χ0n) is 12.0. The third kappa shape index (κ3) is 2.30. The third-order valence-corrected chi connectivity index (χ3v) is 3.81. The molecule has 1 aliphatic rings. The Morgan fingerprint density at radius 2 is 1.95 bits per heavy atom. The molecule has 0 fully saturated rings. The quantitative estimate of drug-likeness (QED) is 0.911. The summed E-state index contributed by atoms with van der Waals surface area (Å²) in [5.41, 5.74) is 2.12. The van der Waals surface area contributed by atoms with Gasteiger partial charge in [-0.2, -0.15) is 0 Å². The van der Waals surface area contributed by atoms with Crippen LogP contribution in [0.25, 0.3) is 0 Å². The first-order valence-corrected chi connectivity index (χ1v) is 6.93. The van der Waals surface area contributed by atoms with E-state index in [9.17, 15) is 14.7 Å². The van der Waals surface area contributed by atoms with Crippen LogP contribution in [0.15, 0.2) is 42.5 Å². The van der Waals surface area contributed by atoms with Gasteiger partial charge in [-0.05, 0) is 17.7 Å². The fourth-order valence-corrected chi connectivity index (χ4v) is 2.72. The summed E-state index contributed by atoms with van der Waals surface area (Å²) in [6.45, 7) is 0.395. The van der Waals surface area contributed by atoms with Crippen LogP contribution in [0.5, 0.6) is 5.75 Å². The fourth-order valence-electron chi connectivity index (χ4n) is 2.72. The largest absolute Gasteiger partial charge is 0.491 e. The van der Waals surface area contributed by atoms with Crippen LogP contribution in [0.4, 0.5) is 0 Å². The van der Waals surface area contributed by atoms with Crippen LogP contribution in [0.3, 0.4) is 0 Å². The molecule has 2 aromatic rings. The Kier molecular flexibility index (Phi) is 3.55. The molecule has 1 unspecified atom stereocenters. The van der Waals surface area contributed by atoms with E-state index in [0.29, 0.717) is 12.4 Å². The molecule has 1 heterocycles. The molecule has 0 saturated carbocycles. The van der Waals surface area contributed by atoms with Gasteiger partial charge in [-0.25, -0.2) is 4.79 Å². The van der Waals surface area contributed by atoms with E-state index in [1.165, 1.54) is 13.1 Å². The van der Waals surface area contributed by atoms with E-state index in [0.717, 1.165) is 11.1 Å². The molecule has 1 aliphatic heterocycles. The molecule has 5 heteroatoms. The topological polar surface area (TPSA) is 75.6 Å². The predicted octanol–water partition coefficient (Wildman–Crippen LogP) is 2.27.